The van der Waals surface area contributed by atoms with Crippen LogP contribution < -0.4 is 10.1 Å². The first kappa shape index (κ1) is 20.3. The molecule has 2 atom stereocenters. The molecule has 0 aliphatic rings. The molecular formula is C19H22ClNO4S. The number of carbonyl (C=O) groups is 1. The Morgan fingerprint density at radius 2 is 1.69 bits per heavy atom. The van der Waals surface area contributed by atoms with Crippen LogP contribution in [0.25, 0.3) is 0 Å². The predicted molar refractivity (Wildman–Crippen MR) is 102 cm³/mol. The third-order valence-electron chi connectivity index (χ3n) is 3.93. The van der Waals surface area contributed by atoms with E-state index in [-0.39, 0.29) is 16.8 Å². The Bertz CT molecular complexity index is 848. The molecule has 0 fully saturated rings. The zero-order valence-corrected chi connectivity index (χ0v) is 16.5. The quantitative estimate of drug-likeness (QED) is 0.774. The lowest BCUT2D eigenvalue weighted by Gasteiger charge is -2.21. The fraction of sp³-hybridized carbons (Fsp3) is 0.316. The summed E-state index contributed by atoms with van der Waals surface area (Å²) in [4.78, 5) is 12.7. The molecule has 0 bridgehead atoms. The Hall–Kier alpha value is -2.05. The molecule has 0 spiro atoms. The summed E-state index contributed by atoms with van der Waals surface area (Å²) in [5, 5.41) is 3.53. The molecule has 0 unspecified atom stereocenters. The largest absolute Gasteiger partial charge is 0.481 e. The summed E-state index contributed by atoms with van der Waals surface area (Å²) < 4.78 is 28.7. The number of amides is 1. The fourth-order valence-electron chi connectivity index (χ4n) is 2.43. The molecule has 5 nitrogen and oxygen atoms in total. The van der Waals surface area contributed by atoms with Gasteiger partial charge in [0.25, 0.3) is 5.91 Å². The van der Waals surface area contributed by atoms with E-state index in [1.165, 1.54) is 0 Å². The minimum Gasteiger partial charge on any atom is -0.481 e. The van der Waals surface area contributed by atoms with Crippen molar-refractivity contribution in [2.24, 2.45) is 0 Å². The lowest BCUT2D eigenvalue weighted by molar-refractivity contribution is -0.128. The Balaban J connectivity index is 2.04. The van der Waals surface area contributed by atoms with E-state index in [4.69, 9.17) is 16.3 Å². The molecular weight excluding hydrogens is 374 g/mol. The van der Waals surface area contributed by atoms with Crippen molar-refractivity contribution in [2.75, 3.05) is 6.26 Å². The number of sulfone groups is 1. The number of rotatable bonds is 7. The van der Waals surface area contributed by atoms with Crippen molar-refractivity contribution in [2.45, 2.75) is 37.3 Å². The Morgan fingerprint density at radius 3 is 2.19 bits per heavy atom. The first-order chi connectivity index (χ1) is 12.2. The summed E-state index contributed by atoms with van der Waals surface area (Å²) >= 11 is 5.83. The van der Waals surface area contributed by atoms with Gasteiger partial charge in [0.05, 0.1) is 10.9 Å². The van der Waals surface area contributed by atoms with E-state index in [9.17, 15) is 13.2 Å². The lowest BCUT2D eigenvalue weighted by Crippen LogP contribution is -2.38. The molecule has 0 aliphatic heterocycles. The van der Waals surface area contributed by atoms with Crippen molar-refractivity contribution in [1.29, 1.82) is 0 Å². The van der Waals surface area contributed by atoms with Crippen LogP contribution in [0.2, 0.25) is 5.02 Å². The van der Waals surface area contributed by atoms with Crippen LogP contribution in [0.4, 0.5) is 0 Å². The molecule has 2 rings (SSSR count). The maximum Gasteiger partial charge on any atom is 0.261 e. The molecule has 7 heteroatoms. The van der Waals surface area contributed by atoms with Crippen molar-refractivity contribution in [3.8, 4) is 5.75 Å². The van der Waals surface area contributed by atoms with Gasteiger partial charge in [0.15, 0.2) is 15.9 Å². The minimum absolute atomic E-state index is 0.229. The topological polar surface area (TPSA) is 72.5 Å². The average Bonchev–Trinajstić information content (AvgIpc) is 2.60. The van der Waals surface area contributed by atoms with Crippen molar-refractivity contribution in [3.63, 3.8) is 0 Å². The first-order valence-electron chi connectivity index (χ1n) is 8.23. The van der Waals surface area contributed by atoms with Crippen LogP contribution in [-0.2, 0) is 14.6 Å². The van der Waals surface area contributed by atoms with E-state index in [1.54, 1.807) is 55.5 Å². The second-order valence-electron chi connectivity index (χ2n) is 6.02. The van der Waals surface area contributed by atoms with Crippen LogP contribution in [0, 0.1) is 0 Å². The van der Waals surface area contributed by atoms with Crippen molar-refractivity contribution in [3.05, 3.63) is 59.1 Å². The van der Waals surface area contributed by atoms with Gasteiger partial charge in [0.2, 0.25) is 0 Å². The van der Waals surface area contributed by atoms with Crippen LogP contribution in [0.1, 0.15) is 31.9 Å². The molecule has 0 radical (unpaired) electrons. The third-order valence-corrected chi connectivity index (χ3v) is 5.31. The van der Waals surface area contributed by atoms with Gasteiger partial charge in [-0.25, -0.2) is 8.42 Å². The van der Waals surface area contributed by atoms with Gasteiger partial charge in [0.1, 0.15) is 5.75 Å². The van der Waals surface area contributed by atoms with Gasteiger partial charge in [-0.2, -0.15) is 0 Å². The molecule has 0 aromatic heterocycles. The van der Waals surface area contributed by atoms with Gasteiger partial charge >= 0.3 is 0 Å². The normalized spacial score (nSPS) is 13.7. The SMILES string of the molecule is CC[C@H](NC(=O)[C@@H](C)Oc1ccc(Cl)cc1)c1ccc(S(C)(=O)=O)cc1. The molecule has 0 heterocycles. The van der Waals surface area contributed by atoms with Crippen molar-refractivity contribution < 1.29 is 17.9 Å². The van der Waals surface area contributed by atoms with E-state index in [0.29, 0.717) is 17.2 Å². The second kappa shape index (κ2) is 8.56. The second-order valence-corrected chi connectivity index (χ2v) is 8.48. The minimum atomic E-state index is -3.24. The highest BCUT2D eigenvalue weighted by Gasteiger charge is 2.20. The number of hydrogen-bond donors (Lipinski definition) is 1. The van der Waals surface area contributed by atoms with Gasteiger partial charge in [0, 0.05) is 11.3 Å². The molecule has 2 aromatic rings. The summed E-state index contributed by atoms with van der Waals surface area (Å²) in [7, 11) is -3.24. The van der Waals surface area contributed by atoms with Gasteiger partial charge in [-0.3, -0.25) is 4.79 Å². The van der Waals surface area contributed by atoms with Crippen LogP contribution in [-0.4, -0.2) is 26.7 Å². The van der Waals surface area contributed by atoms with Crippen LogP contribution in [0.5, 0.6) is 5.75 Å². The maximum absolute atomic E-state index is 12.4. The first-order valence-corrected chi connectivity index (χ1v) is 10.5. The standard InChI is InChI=1S/C19H22ClNO4S/c1-4-18(14-5-11-17(12-6-14)26(3,23)24)21-19(22)13(2)25-16-9-7-15(20)8-10-16/h5-13,18H,4H2,1-3H3,(H,21,22)/t13-,18+/m1/s1. The summed E-state index contributed by atoms with van der Waals surface area (Å²) in [6, 6.07) is 13.1. The highest BCUT2D eigenvalue weighted by atomic mass is 35.5. The molecule has 0 saturated carbocycles. The van der Waals surface area contributed by atoms with Gasteiger partial charge in [-0.15, -0.1) is 0 Å². The van der Waals surface area contributed by atoms with Crippen molar-refractivity contribution >= 4 is 27.3 Å². The van der Waals surface area contributed by atoms with Crippen LogP contribution >= 0.6 is 11.6 Å². The predicted octanol–water partition coefficient (Wildman–Crippen LogP) is 3.78. The molecule has 26 heavy (non-hydrogen) atoms. The Kier molecular flexibility index (Phi) is 6.67. The van der Waals surface area contributed by atoms with E-state index in [0.717, 1.165) is 11.8 Å². The summed E-state index contributed by atoms with van der Waals surface area (Å²) in [6.45, 7) is 3.61. The number of carbonyl (C=O) groups excluding carboxylic acids is 1. The van der Waals surface area contributed by atoms with Gasteiger partial charge < -0.3 is 10.1 Å². The van der Waals surface area contributed by atoms with E-state index < -0.39 is 15.9 Å². The van der Waals surface area contributed by atoms with Gasteiger partial charge in [-0.05, 0) is 55.3 Å². The molecule has 140 valence electrons. The van der Waals surface area contributed by atoms with E-state index in [1.807, 2.05) is 6.92 Å². The maximum atomic E-state index is 12.4. The molecule has 0 aliphatic carbocycles. The summed E-state index contributed by atoms with van der Waals surface area (Å²) in [6.07, 6.45) is 1.15. The molecule has 1 amide bonds. The molecule has 2 aromatic carbocycles. The van der Waals surface area contributed by atoms with Crippen molar-refractivity contribution in [1.82, 2.24) is 5.32 Å². The van der Waals surface area contributed by atoms with Crippen LogP contribution in [0.3, 0.4) is 0 Å². The highest BCUT2D eigenvalue weighted by molar-refractivity contribution is 7.90. The lowest BCUT2D eigenvalue weighted by atomic mass is 10.0. The third kappa shape index (κ3) is 5.47. The average molecular weight is 396 g/mol. The zero-order chi connectivity index (χ0) is 19.3. The number of ether oxygens (including phenoxy) is 1. The van der Waals surface area contributed by atoms with E-state index >= 15 is 0 Å². The Morgan fingerprint density at radius 1 is 1.12 bits per heavy atom. The Labute approximate surface area is 159 Å². The fourth-order valence-corrected chi connectivity index (χ4v) is 3.18. The number of halogens is 1. The molecule has 0 saturated heterocycles. The van der Waals surface area contributed by atoms with Gasteiger partial charge in [-0.1, -0.05) is 30.7 Å². The highest BCUT2D eigenvalue weighted by Crippen LogP contribution is 2.20. The molecule has 1 N–H and O–H groups in total. The smallest absolute Gasteiger partial charge is 0.261 e. The number of nitrogens with one attached hydrogen (secondary N) is 1. The van der Waals surface area contributed by atoms with E-state index in [2.05, 4.69) is 5.32 Å². The summed E-state index contributed by atoms with van der Waals surface area (Å²) in [5.74, 6) is 0.307. The van der Waals surface area contributed by atoms with Crippen LogP contribution in [0.15, 0.2) is 53.4 Å². The summed E-state index contributed by atoms with van der Waals surface area (Å²) in [5.41, 5.74) is 0.840. The monoisotopic (exact) mass is 395 g/mol. The number of benzene rings is 2. The zero-order valence-electron chi connectivity index (χ0n) is 14.9. The number of hydrogen-bond acceptors (Lipinski definition) is 4.